The second kappa shape index (κ2) is 3.53. The Hall–Kier alpha value is -0.830. The van der Waals surface area contributed by atoms with Gasteiger partial charge in [-0.1, -0.05) is 6.58 Å². The fourth-order valence-electron chi connectivity index (χ4n) is 1.29. The number of carbonyl (C=O) groups is 1. The molecule has 0 spiro atoms. The zero-order valence-corrected chi connectivity index (χ0v) is 6.84. The van der Waals surface area contributed by atoms with E-state index in [0.717, 1.165) is 19.6 Å². The Morgan fingerprint density at radius 3 is 3.09 bits per heavy atom. The van der Waals surface area contributed by atoms with E-state index in [0.29, 0.717) is 6.04 Å². The van der Waals surface area contributed by atoms with Gasteiger partial charge in [0.15, 0.2) is 0 Å². The summed E-state index contributed by atoms with van der Waals surface area (Å²) in [5.41, 5.74) is 0. The zero-order chi connectivity index (χ0) is 8.27. The van der Waals surface area contributed by atoms with Crippen molar-refractivity contribution in [3.8, 4) is 0 Å². The summed E-state index contributed by atoms with van der Waals surface area (Å²) in [4.78, 5) is 13.0. The summed E-state index contributed by atoms with van der Waals surface area (Å²) in [6, 6.07) is 0.300. The molecule has 1 aliphatic rings. The van der Waals surface area contributed by atoms with Crippen molar-refractivity contribution in [2.45, 2.75) is 13.0 Å². The van der Waals surface area contributed by atoms with Gasteiger partial charge >= 0.3 is 0 Å². The Kier molecular flexibility index (Phi) is 2.65. The van der Waals surface area contributed by atoms with Crippen LogP contribution in [0, 0.1) is 0 Å². The van der Waals surface area contributed by atoms with Gasteiger partial charge < -0.3 is 10.2 Å². The number of rotatable bonds is 1. The summed E-state index contributed by atoms with van der Waals surface area (Å²) < 4.78 is 0. The predicted octanol–water partition coefficient (Wildman–Crippen LogP) is -0.00730. The molecule has 1 aliphatic heterocycles. The van der Waals surface area contributed by atoms with E-state index in [4.69, 9.17) is 0 Å². The molecule has 1 heterocycles. The van der Waals surface area contributed by atoms with Gasteiger partial charge in [0.05, 0.1) is 0 Å². The second-order valence-corrected chi connectivity index (χ2v) is 2.79. The molecule has 3 nitrogen and oxygen atoms in total. The highest BCUT2D eigenvalue weighted by molar-refractivity contribution is 5.87. The molecular weight excluding hydrogens is 140 g/mol. The Morgan fingerprint density at radius 2 is 2.55 bits per heavy atom. The van der Waals surface area contributed by atoms with Crippen molar-refractivity contribution in [1.29, 1.82) is 0 Å². The van der Waals surface area contributed by atoms with Gasteiger partial charge in [-0.25, -0.2) is 0 Å². The molecule has 0 radical (unpaired) electrons. The van der Waals surface area contributed by atoms with Crippen LogP contribution in [0.2, 0.25) is 0 Å². The van der Waals surface area contributed by atoms with Gasteiger partial charge in [0.1, 0.15) is 0 Å². The van der Waals surface area contributed by atoms with Crippen molar-refractivity contribution in [3.63, 3.8) is 0 Å². The van der Waals surface area contributed by atoms with Crippen LogP contribution in [0.15, 0.2) is 12.7 Å². The Labute approximate surface area is 67.1 Å². The minimum absolute atomic E-state index is 0.0407. The standard InChI is InChI=1S/C8H14N2O/c1-3-8(11)10-5-4-9-6-7(10)2/h3,7,9H,1,4-6H2,2H3/t7-/m1/s1. The fourth-order valence-corrected chi connectivity index (χ4v) is 1.29. The topological polar surface area (TPSA) is 32.3 Å². The van der Waals surface area contributed by atoms with Crippen LogP contribution < -0.4 is 5.32 Å². The van der Waals surface area contributed by atoms with Gasteiger partial charge in [-0.05, 0) is 13.0 Å². The van der Waals surface area contributed by atoms with Crippen molar-refractivity contribution in [1.82, 2.24) is 10.2 Å². The van der Waals surface area contributed by atoms with E-state index in [2.05, 4.69) is 11.9 Å². The fraction of sp³-hybridized carbons (Fsp3) is 0.625. The van der Waals surface area contributed by atoms with Crippen LogP contribution in [0.25, 0.3) is 0 Å². The van der Waals surface area contributed by atoms with Gasteiger partial charge in [0.25, 0.3) is 0 Å². The van der Waals surface area contributed by atoms with Gasteiger partial charge in [-0.15, -0.1) is 0 Å². The Balaban J connectivity index is 2.53. The van der Waals surface area contributed by atoms with Crippen molar-refractivity contribution in [3.05, 3.63) is 12.7 Å². The molecule has 1 N–H and O–H groups in total. The molecule has 3 heteroatoms. The quantitative estimate of drug-likeness (QED) is 0.539. The van der Waals surface area contributed by atoms with Gasteiger partial charge in [0.2, 0.25) is 5.91 Å². The summed E-state index contributed by atoms with van der Waals surface area (Å²) in [6.45, 7) is 8.07. The number of nitrogens with one attached hydrogen (secondary N) is 1. The molecule has 11 heavy (non-hydrogen) atoms. The van der Waals surface area contributed by atoms with E-state index in [1.165, 1.54) is 6.08 Å². The number of hydrogen-bond acceptors (Lipinski definition) is 2. The van der Waals surface area contributed by atoms with Crippen LogP contribution in [0.3, 0.4) is 0 Å². The lowest BCUT2D eigenvalue weighted by molar-refractivity contribution is -0.128. The monoisotopic (exact) mass is 154 g/mol. The number of amides is 1. The summed E-state index contributed by atoms with van der Waals surface area (Å²) in [5.74, 6) is 0.0407. The summed E-state index contributed by atoms with van der Waals surface area (Å²) in [5, 5.41) is 3.22. The van der Waals surface area contributed by atoms with Crippen molar-refractivity contribution in [2.24, 2.45) is 0 Å². The van der Waals surface area contributed by atoms with Crippen LogP contribution >= 0.6 is 0 Å². The number of carbonyl (C=O) groups excluding carboxylic acids is 1. The molecule has 1 rings (SSSR count). The highest BCUT2D eigenvalue weighted by Crippen LogP contribution is 2.02. The Bertz CT molecular complexity index is 167. The highest BCUT2D eigenvalue weighted by atomic mass is 16.2. The van der Waals surface area contributed by atoms with Gasteiger partial charge in [-0.3, -0.25) is 4.79 Å². The number of nitrogens with zero attached hydrogens (tertiary/aromatic N) is 1. The molecule has 0 saturated carbocycles. The van der Waals surface area contributed by atoms with E-state index in [9.17, 15) is 4.79 Å². The molecule has 0 aromatic carbocycles. The molecule has 0 aromatic heterocycles. The van der Waals surface area contributed by atoms with E-state index in [1.807, 2.05) is 11.8 Å². The molecule has 1 saturated heterocycles. The molecule has 1 atom stereocenters. The molecule has 0 unspecified atom stereocenters. The SMILES string of the molecule is C=CC(=O)N1CCNC[C@H]1C. The maximum atomic E-state index is 11.2. The third-order valence-electron chi connectivity index (χ3n) is 1.96. The normalized spacial score (nSPS) is 24.8. The minimum Gasteiger partial charge on any atom is -0.334 e. The third kappa shape index (κ3) is 1.80. The first kappa shape index (κ1) is 8.27. The molecule has 0 aliphatic carbocycles. The van der Waals surface area contributed by atoms with Gasteiger partial charge in [-0.2, -0.15) is 0 Å². The molecule has 1 amide bonds. The maximum absolute atomic E-state index is 11.2. The van der Waals surface area contributed by atoms with Crippen molar-refractivity contribution >= 4 is 5.91 Å². The summed E-state index contributed by atoms with van der Waals surface area (Å²) in [7, 11) is 0. The van der Waals surface area contributed by atoms with Gasteiger partial charge in [0, 0.05) is 25.7 Å². The van der Waals surface area contributed by atoms with E-state index in [1.54, 1.807) is 0 Å². The van der Waals surface area contributed by atoms with E-state index >= 15 is 0 Å². The third-order valence-corrected chi connectivity index (χ3v) is 1.96. The predicted molar refractivity (Wildman–Crippen MR) is 44.2 cm³/mol. The highest BCUT2D eigenvalue weighted by Gasteiger charge is 2.20. The summed E-state index contributed by atoms with van der Waals surface area (Å²) >= 11 is 0. The zero-order valence-electron chi connectivity index (χ0n) is 6.84. The first-order valence-corrected chi connectivity index (χ1v) is 3.89. The lowest BCUT2D eigenvalue weighted by Crippen LogP contribution is -2.51. The number of piperazine rings is 1. The largest absolute Gasteiger partial charge is 0.334 e. The molecule has 1 fully saturated rings. The summed E-state index contributed by atoms with van der Waals surface area (Å²) in [6.07, 6.45) is 1.38. The van der Waals surface area contributed by atoms with Crippen molar-refractivity contribution in [2.75, 3.05) is 19.6 Å². The van der Waals surface area contributed by atoms with Crippen LogP contribution in [0.4, 0.5) is 0 Å². The molecular formula is C8H14N2O. The average Bonchev–Trinajstić information content (AvgIpc) is 2.04. The first-order chi connectivity index (χ1) is 5.25. The van der Waals surface area contributed by atoms with E-state index < -0.39 is 0 Å². The van der Waals surface area contributed by atoms with Crippen LogP contribution in [-0.4, -0.2) is 36.5 Å². The smallest absolute Gasteiger partial charge is 0.246 e. The molecule has 62 valence electrons. The average molecular weight is 154 g/mol. The second-order valence-electron chi connectivity index (χ2n) is 2.79. The lowest BCUT2D eigenvalue weighted by atomic mass is 10.2. The first-order valence-electron chi connectivity index (χ1n) is 3.89. The Morgan fingerprint density at radius 1 is 1.82 bits per heavy atom. The molecule has 0 aromatic rings. The van der Waals surface area contributed by atoms with Crippen LogP contribution in [0.5, 0.6) is 0 Å². The minimum atomic E-state index is 0.0407. The van der Waals surface area contributed by atoms with Crippen LogP contribution in [0.1, 0.15) is 6.92 Å². The lowest BCUT2D eigenvalue weighted by Gasteiger charge is -2.33. The van der Waals surface area contributed by atoms with E-state index in [-0.39, 0.29) is 5.91 Å². The number of hydrogen-bond donors (Lipinski definition) is 1. The maximum Gasteiger partial charge on any atom is 0.246 e. The van der Waals surface area contributed by atoms with Crippen LogP contribution in [-0.2, 0) is 4.79 Å². The van der Waals surface area contributed by atoms with Crippen molar-refractivity contribution < 1.29 is 4.79 Å². The molecule has 0 bridgehead atoms.